The number of morpholine rings is 1. The van der Waals surface area contributed by atoms with Crippen LogP contribution in [-0.4, -0.2) is 61.4 Å². The van der Waals surface area contributed by atoms with Crippen LogP contribution in [0.2, 0.25) is 0 Å². The summed E-state index contributed by atoms with van der Waals surface area (Å²) in [5, 5.41) is 1.12. The smallest absolute Gasteiger partial charge is 0.146 e. The average Bonchev–Trinajstić information content (AvgIpc) is 3.03. The first-order valence-corrected chi connectivity index (χ1v) is 11.0. The molecule has 0 bridgehead atoms. The fourth-order valence-corrected chi connectivity index (χ4v) is 4.56. The Morgan fingerprint density at radius 2 is 1.90 bits per heavy atom. The molecule has 3 heterocycles. The van der Waals surface area contributed by atoms with Crippen LogP contribution in [0.5, 0.6) is 5.75 Å². The van der Waals surface area contributed by atoms with E-state index in [-0.39, 0.29) is 5.82 Å². The van der Waals surface area contributed by atoms with Gasteiger partial charge in [0.25, 0.3) is 0 Å². The molecule has 4 rings (SSSR count). The fraction of sp³-hybridized carbons (Fsp3) is 0.455. The van der Waals surface area contributed by atoms with Crippen molar-refractivity contribution in [1.29, 1.82) is 0 Å². The highest BCUT2D eigenvalue weighted by Gasteiger charge is 2.19. The number of ether oxygens (including phenoxy) is 2. The third kappa shape index (κ3) is 4.71. The maximum absolute atomic E-state index is 13.1. The first kappa shape index (κ1) is 21.0. The second-order valence-electron chi connectivity index (χ2n) is 7.54. The molecule has 1 aliphatic heterocycles. The molecule has 1 saturated heterocycles. The largest absolute Gasteiger partial charge is 0.492 e. The first-order chi connectivity index (χ1) is 14.5. The molecule has 0 atom stereocenters. The molecule has 30 heavy (non-hydrogen) atoms. The Bertz CT molecular complexity index is 1000. The number of rotatable bonds is 7. The number of aryl methyl sites for hydroxylation is 2. The Labute approximate surface area is 180 Å². The number of fused-ring (bicyclic) bond motifs is 1. The van der Waals surface area contributed by atoms with Gasteiger partial charge >= 0.3 is 0 Å². The number of halogens is 1. The molecule has 0 unspecified atom stereocenters. The molecule has 0 aliphatic carbocycles. The summed E-state index contributed by atoms with van der Waals surface area (Å²) in [7, 11) is 2.03. The number of benzene rings is 1. The lowest BCUT2D eigenvalue weighted by Crippen LogP contribution is -2.36. The molecule has 0 saturated carbocycles. The number of anilines is 1. The molecule has 0 radical (unpaired) electrons. The van der Waals surface area contributed by atoms with Gasteiger partial charge in [-0.15, -0.1) is 11.3 Å². The molecule has 2 aromatic heterocycles. The number of hydrogen-bond donors (Lipinski definition) is 0. The van der Waals surface area contributed by atoms with E-state index in [2.05, 4.69) is 23.6 Å². The van der Waals surface area contributed by atoms with Crippen molar-refractivity contribution >= 4 is 27.4 Å². The van der Waals surface area contributed by atoms with Crippen LogP contribution >= 0.6 is 11.3 Å². The lowest BCUT2D eigenvalue weighted by atomic mass is 10.2. The number of likely N-dealkylation sites (N-methyl/N-ethyl adjacent to an activating group) is 1. The molecule has 6 nitrogen and oxygen atoms in total. The molecule has 3 aromatic rings. The van der Waals surface area contributed by atoms with Crippen molar-refractivity contribution in [2.75, 3.05) is 51.4 Å². The Hall–Kier alpha value is -2.29. The van der Waals surface area contributed by atoms with Crippen LogP contribution in [-0.2, 0) is 11.3 Å². The summed E-state index contributed by atoms with van der Waals surface area (Å²) in [6.45, 7) is 9.45. The highest BCUT2D eigenvalue weighted by molar-refractivity contribution is 7.18. The summed E-state index contributed by atoms with van der Waals surface area (Å²) in [6, 6.07) is 6.10. The third-order valence-corrected chi connectivity index (χ3v) is 6.50. The molecule has 0 amide bonds. The van der Waals surface area contributed by atoms with Crippen LogP contribution in [0.25, 0.3) is 10.2 Å². The molecule has 1 aromatic carbocycles. The van der Waals surface area contributed by atoms with Crippen molar-refractivity contribution in [3.8, 4) is 5.75 Å². The highest BCUT2D eigenvalue weighted by atomic mass is 32.1. The van der Waals surface area contributed by atoms with E-state index in [0.717, 1.165) is 54.7 Å². The van der Waals surface area contributed by atoms with E-state index in [0.29, 0.717) is 18.9 Å². The zero-order valence-corrected chi connectivity index (χ0v) is 18.5. The minimum Gasteiger partial charge on any atom is -0.492 e. The summed E-state index contributed by atoms with van der Waals surface area (Å²) in [5.41, 5.74) is 1.23. The lowest BCUT2D eigenvalue weighted by molar-refractivity contribution is 0.0331. The molecule has 8 heteroatoms. The quantitative estimate of drug-likeness (QED) is 0.568. The number of aromatic nitrogens is 2. The van der Waals surface area contributed by atoms with Gasteiger partial charge in [-0.05, 0) is 43.7 Å². The molecular formula is C22H27FN4O2S. The van der Waals surface area contributed by atoms with Gasteiger partial charge in [0, 0.05) is 25.0 Å². The van der Waals surface area contributed by atoms with Gasteiger partial charge in [-0.2, -0.15) is 0 Å². The lowest BCUT2D eigenvalue weighted by Gasteiger charge is -2.26. The number of thiophene rings is 1. The van der Waals surface area contributed by atoms with E-state index in [1.54, 1.807) is 23.5 Å². The van der Waals surface area contributed by atoms with Crippen molar-refractivity contribution in [3.05, 3.63) is 46.3 Å². The summed E-state index contributed by atoms with van der Waals surface area (Å²) >= 11 is 1.72. The minimum absolute atomic E-state index is 0.265. The fourth-order valence-electron chi connectivity index (χ4n) is 3.51. The van der Waals surface area contributed by atoms with Gasteiger partial charge in [0.05, 0.1) is 31.7 Å². The van der Waals surface area contributed by atoms with Gasteiger partial charge in [-0.25, -0.2) is 14.4 Å². The summed E-state index contributed by atoms with van der Waals surface area (Å²) < 4.78 is 24.3. The van der Waals surface area contributed by atoms with Crippen LogP contribution in [0.15, 0.2) is 24.3 Å². The predicted octanol–water partition coefficient (Wildman–Crippen LogP) is 3.79. The Morgan fingerprint density at radius 1 is 1.17 bits per heavy atom. The van der Waals surface area contributed by atoms with Gasteiger partial charge in [0.15, 0.2) is 0 Å². The van der Waals surface area contributed by atoms with E-state index in [1.807, 2.05) is 7.05 Å². The molecule has 160 valence electrons. The zero-order valence-electron chi connectivity index (χ0n) is 17.7. The maximum Gasteiger partial charge on any atom is 0.146 e. The second kappa shape index (κ2) is 9.24. The maximum atomic E-state index is 13.1. The third-order valence-electron chi connectivity index (χ3n) is 5.40. The summed E-state index contributed by atoms with van der Waals surface area (Å²) in [4.78, 5) is 16.6. The summed E-state index contributed by atoms with van der Waals surface area (Å²) in [6.07, 6.45) is 0. The Balaban J connectivity index is 1.53. The molecular weight excluding hydrogens is 403 g/mol. The van der Waals surface area contributed by atoms with Crippen LogP contribution in [0.4, 0.5) is 10.2 Å². The van der Waals surface area contributed by atoms with Crippen LogP contribution in [0.1, 0.15) is 16.3 Å². The molecule has 0 spiro atoms. The van der Waals surface area contributed by atoms with Crippen molar-refractivity contribution in [2.45, 2.75) is 20.4 Å². The van der Waals surface area contributed by atoms with E-state index in [1.165, 1.54) is 22.6 Å². The zero-order chi connectivity index (χ0) is 21.1. The van der Waals surface area contributed by atoms with Gasteiger partial charge in [-0.1, -0.05) is 0 Å². The summed E-state index contributed by atoms with van der Waals surface area (Å²) in [5.74, 6) is 2.17. The Morgan fingerprint density at radius 3 is 2.63 bits per heavy atom. The average molecular weight is 431 g/mol. The molecule has 0 N–H and O–H groups in total. The topological polar surface area (TPSA) is 50.7 Å². The van der Waals surface area contributed by atoms with Crippen molar-refractivity contribution in [3.63, 3.8) is 0 Å². The number of nitrogens with zero attached hydrogens (tertiary/aromatic N) is 4. The number of hydrogen-bond acceptors (Lipinski definition) is 7. The molecule has 1 aliphatic rings. The van der Waals surface area contributed by atoms with Gasteiger partial charge in [-0.3, -0.25) is 4.90 Å². The van der Waals surface area contributed by atoms with E-state index in [9.17, 15) is 4.39 Å². The van der Waals surface area contributed by atoms with Gasteiger partial charge in [0.1, 0.15) is 34.6 Å². The van der Waals surface area contributed by atoms with Crippen molar-refractivity contribution in [2.24, 2.45) is 0 Å². The van der Waals surface area contributed by atoms with Crippen LogP contribution in [0.3, 0.4) is 0 Å². The Kier molecular flexibility index (Phi) is 6.46. The first-order valence-electron chi connectivity index (χ1n) is 10.2. The van der Waals surface area contributed by atoms with E-state index < -0.39 is 0 Å². The van der Waals surface area contributed by atoms with Crippen molar-refractivity contribution < 1.29 is 13.9 Å². The van der Waals surface area contributed by atoms with Crippen molar-refractivity contribution in [1.82, 2.24) is 14.9 Å². The molecule has 1 fully saturated rings. The van der Waals surface area contributed by atoms with Crippen LogP contribution in [0, 0.1) is 19.7 Å². The van der Waals surface area contributed by atoms with E-state index >= 15 is 0 Å². The predicted molar refractivity (Wildman–Crippen MR) is 118 cm³/mol. The minimum atomic E-state index is -0.265. The van der Waals surface area contributed by atoms with Crippen LogP contribution < -0.4 is 9.64 Å². The van der Waals surface area contributed by atoms with Gasteiger partial charge in [0.2, 0.25) is 0 Å². The normalized spacial score (nSPS) is 14.9. The monoisotopic (exact) mass is 430 g/mol. The standard InChI is InChI=1S/C22H27FN4O2S/c1-15-16(2)30-22-20(15)21(24-19(25-22)14-27-9-11-28-12-10-27)26(3)8-13-29-18-6-4-17(23)5-7-18/h4-7H,8-14H2,1-3H3. The SMILES string of the molecule is Cc1sc2nc(CN3CCOCC3)nc(N(C)CCOc3ccc(F)cc3)c2c1C. The highest BCUT2D eigenvalue weighted by Crippen LogP contribution is 2.34. The van der Waals surface area contributed by atoms with Gasteiger partial charge < -0.3 is 14.4 Å². The van der Waals surface area contributed by atoms with E-state index in [4.69, 9.17) is 19.4 Å². The second-order valence-corrected chi connectivity index (χ2v) is 8.74.